The fourth-order valence-electron chi connectivity index (χ4n) is 2.38. The quantitative estimate of drug-likeness (QED) is 0.809. The number of amidine groups is 1. The summed E-state index contributed by atoms with van der Waals surface area (Å²) in [5.74, 6) is -1.91. The van der Waals surface area contributed by atoms with Gasteiger partial charge in [-0.1, -0.05) is 23.9 Å². The number of aliphatic imine (C=N–C) groups is 1. The molecule has 1 N–H and O–H groups in total. The van der Waals surface area contributed by atoms with Gasteiger partial charge in [-0.05, 0) is 26.0 Å². The number of hydrogen-bond donors (Lipinski definition) is 1. The van der Waals surface area contributed by atoms with E-state index in [0.717, 1.165) is 16.7 Å². The minimum Gasteiger partial charge on any atom is -0.304 e. The van der Waals surface area contributed by atoms with Crippen molar-refractivity contribution in [2.45, 2.75) is 25.1 Å². The molecule has 1 saturated heterocycles. The first-order valence-corrected chi connectivity index (χ1v) is 7.85. The summed E-state index contributed by atoms with van der Waals surface area (Å²) in [6.07, 6.45) is 0. The summed E-state index contributed by atoms with van der Waals surface area (Å²) < 4.78 is 0. The average Bonchev–Trinajstić information content (AvgIpc) is 2.97. The van der Waals surface area contributed by atoms with Crippen LogP contribution in [0.15, 0.2) is 29.3 Å². The second kappa shape index (κ2) is 5.62. The zero-order valence-electron chi connectivity index (χ0n) is 12.4. The molecule has 2 aliphatic heterocycles. The van der Waals surface area contributed by atoms with Crippen molar-refractivity contribution in [1.29, 1.82) is 0 Å². The predicted octanol–water partition coefficient (Wildman–Crippen LogP) is 0.805. The third-order valence-electron chi connectivity index (χ3n) is 3.67. The SMILES string of the molecule is C[C@@H]1SC(=NC(=O)[C@@H](C)N2C(=O)c3ccccc3C2=O)NC1=O. The lowest BCUT2D eigenvalue weighted by molar-refractivity contribution is -0.121. The van der Waals surface area contributed by atoms with Crippen molar-refractivity contribution in [2.24, 2.45) is 4.99 Å². The summed E-state index contributed by atoms with van der Waals surface area (Å²) in [4.78, 5) is 53.0. The smallest absolute Gasteiger partial charge is 0.271 e. The Morgan fingerprint density at radius 3 is 2.26 bits per heavy atom. The number of nitrogens with one attached hydrogen (secondary N) is 1. The molecule has 2 heterocycles. The van der Waals surface area contributed by atoms with Crippen LogP contribution < -0.4 is 5.32 Å². The Bertz CT molecular complexity index is 739. The molecule has 0 spiro atoms. The van der Waals surface area contributed by atoms with E-state index in [2.05, 4.69) is 10.3 Å². The maximum atomic E-state index is 12.3. The van der Waals surface area contributed by atoms with Gasteiger partial charge in [0.2, 0.25) is 5.91 Å². The molecule has 2 aliphatic rings. The van der Waals surface area contributed by atoms with Crippen molar-refractivity contribution in [2.75, 3.05) is 0 Å². The molecule has 0 aromatic heterocycles. The molecule has 0 unspecified atom stereocenters. The standard InChI is InChI=1S/C15H13N3O4S/c1-7(11(19)16-15-17-12(20)8(2)23-15)18-13(21)9-5-3-4-6-10(9)14(18)22/h3-8H,1-2H3,(H,16,17,19,20)/t7-,8+/m1/s1. The monoisotopic (exact) mass is 331 g/mol. The van der Waals surface area contributed by atoms with Crippen LogP contribution in [0.2, 0.25) is 0 Å². The summed E-state index contributed by atoms with van der Waals surface area (Å²) in [6, 6.07) is 5.38. The van der Waals surface area contributed by atoms with Gasteiger partial charge < -0.3 is 5.32 Å². The molecule has 0 aliphatic carbocycles. The topological polar surface area (TPSA) is 95.9 Å². The number of imide groups is 1. The normalized spacial score (nSPS) is 23.2. The summed E-state index contributed by atoms with van der Waals surface area (Å²) in [7, 11) is 0. The predicted molar refractivity (Wildman–Crippen MR) is 84.0 cm³/mol. The molecule has 0 radical (unpaired) electrons. The molecule has 1 fully saturated rings. The van der Waals surface area contributed by atoms with Crippen molar-refractivity contribution < 1.29 is 19.2 Å². The van der Waals surface area contributed by atoms with Gasteiger partial charge in [-0.25, -0.2) is 0 Å². The summed E-state index contributed by atoms with van der Waals surface area (Å²) in [6.45, 7) is 3.14. The van der Waals surface area contributed by atoms with Crippen LogP contribution in [0.5, 0.6) is 0 Å². The molecule has 118 valence electrons. The molecule has 23 heavy (non-hydrogen) atoms. The Balaban J connectivity index is 1.82. The number of nitrogens with zero attached hydrogens (tertiary/aromatic N) is 2. The molecule has 3 rings (SSSR count). The first-order chi connectivity index (χ1) is 10.9. The summed E-state index contributed by atoms with van der Waals surface area (Å²) in [5, 5.41) is 2.35. The summed E-state index contributed by atoms with van der Waals surface area (Å²) in [5.41, 5.74) is 0.559. The van der Waals surface area contributed by atoms with E-state index in [1.165, 1.54) is 6.92 Å². The van der Waals surface area contributed by atoms with Gasteiger partial charge in [-0.15, -0.1) is 0 Å². The molecule has 1 aromatic carbocycles. The van der Waals surface area contributed by atoms with Gasteiger partial charge in [0.25, 0.3) is 17.7 Å². The fraction of sp³-hybridized carbons (Fsp3) is 0.267. The Kier molecular flexibility index (Phi) is 3.77. The van der Waals surface area contributed by atoms with Crippen LogP contribution in [0.25, 0.3) is 0 Å². The number of carbonyl (C=O) groups excluding carboxylic acids is 4. The molecule has 1 aromatic rings. The van der Waals surface area contributed by atoms with E-state index in [1.807, 2.05) is 0 Å². The van der Waals surface area contributed by atoms with Crippen LogP contribution in [0.4, 0.5) is 0 Å². The lowest BCUT2D eigenvalue weighted by Gasteiger charge is -2.19. The van der Waals surface area contributed by atoms with Crippen LogP contribution in [0.1, 0.15) is 34.6 Å². The van der Waals surface area contributed by atoms with E-state index in [1.54, 1.807) is 31.2 Å². The third-order valence-corrected chi connectivity index (χ3v) is 4.65. The van der Waals surface area contributed by atoms with E-state index >= 15 is 0 Å². The number of thioether (sulfide) groups is 1. The number of fused-ring (bicyclic) bond motifs is 1. The Labute approximate surface area is 136 Å². The van der Waals surface area contributed by atoms with Crippen molar-refractivity contribution in [1.82, 2.24) is 10.2 Å². The van der Waals surface area contributed by atoms with Gasteiger partial charge in [-0.2, -0.15) is 4.99 Å². The zero-order valence-corrected chi connectivity index (χ0v) is 13.2. The molecule has 0 bridgehead atoms. The largest absolute Gasteiger partial charge is 0.304 e. The molecule has 0 saturated carbocycles. The van der Waals surface area contributed by atoms with Gasteiger partial charge >= 0.3 is 0 Å². The maximum Gasteiger partial charge on any atom is 0.271 e. The Morgan fingerprint density at radius 1 is 1.22 bits per heavy atom. The van der Waals surface area contributed by atoms with Crippen molar-refractivity contribution in [3.8, 4) is 0 Å². The van der Waals surface area contributed by atoms with Crippen LogP contribution in [0, 0.1) is 0 Å². The molecule has 7 nitrogen and oxygen atoms in total. The van der Waals surface area contributed by atoms with Crippen molar-refractivity contribution >= 4 is 40.6 Å². The van der Waals surface area contributed by atoms with Gasteiger partial charge in [0.1, 0.15) is 6.04 Å². The number of hydrogen-bond acceptors (Lipinski definition) is 5. The first kappa shape index (κ1) is 15.4. The van der Waals surface area contributed by atoms with Gasteiger partial charge in [-0.3, -0.25) is 24.1 Å². The minimum absolute atomic E-state index is 0.191. The zero-order chi connectivity index (χ0) is 16.7. The maximum absolute atomic E-state index is 12.3. The van der Waals surface area contributed by atoms with Gasteiger partial charge in [0.15, 0.2) is 5.17 Å². The van der Waals surface area contributed by atoms with Crippen molar-refractivity contribution in [3.63, 3.8) is 0 Å². The van der Waals surface area contributed by atoms with Crippen LogP contribution >= 0.6 is 11.8 Å². The average molecular weight is 331 g/mol. The fourth-order valence-corrected chi connectivity index (χ4v) is 3.18. The molecule has 8 heteroatoms. The van der Waals surface area contributed by atoms with Crippen LogP contribution in [0.3, 0.4) is 0 Å². The third kappa shape index (κ3) is 2.55. The lowest BCUT2D eigenvalue weighted by Crippen LogP contribution is -2.42. The second-order valence-corrected chi connectivity index (χ2v) is 6.54. The number of rotatable bonds is 2. The van der Waals surface area contributed by atoms with E-state index in [-0.39, 0.29) is 27.5 Å². The summed E-state index contributed by atoms with van der Waals surface area (Å²) >= 11 is 1.13. The van der Waals surface area contributed by atoms with Gasteiger partial charge in [0, 0.05) is 0 Å². The van der Waals surface area contributed by atoms with E-state index in [9.17, 15) is 19.2 Å². The molecule has 2 atom stereocenters. The van der Waals surface area contributed by atoms with E-state index in [4.69, 9.17) is 0 Å². The number of benzene rings is 1. The highest BCUT2D eigenvalue weighted by atomic mass is 32.2. The lowest BCUT2D eigenvalue weighted by atomic mass is 10.1. The van der Waals surface area contributed by atoms with Gasteiger partial charge in [0.05, 0.1) is 16.4 Å². The van der Waals surface area contributed by atoms with Crippen LogP contribution in [-0.2, 0) is 9.59 Å². The minimum atomic E-state index is -1.04. The second-order valence-electron chi connectivity index (χ2n) is 5.21. The Hall–Kier alpha value is -2.48. The highest BCUT2D eigenvalue weighted by Gasteiger charge is 2.41. The van der Waals surface area contributed by atoms with E-state index < -0.39 is 23.8 Å². The highest BCUT2D eigenvalue weighted by Crippen LogP contribution is 2.25. The molecular formula is C15H13N3O4S. The number of amides is 4. The first-order valence-electron chi connectivity index (χ1n) is 6.97. The molecular weight excluding hydrogens is 318 g/mol. The van der Waals surface area contributed by atoms with Crippen molar-refractivity contribution in [3.05, 3.63) is 35.4 Å². The molecule has 4 amide bonds. The Morgan fingerprint density at radius 2 is 1.78 bits per heavy atom. The highest BCUT2D eigenvalue weighted by molar-refractivity contribution is 8.15. The van der Waals surface area contributed by atoms with E-state index in [0.29, 0.717) is 0 Å². The van der Waals surface area contributed by atoms with Crippen LogP contribution in [-0.4, -0.2) is 45.0 Å². The number of carbonyl (C=O) groups is 4.